The average molecular weight is 326 g/mol. The van der Waals surface area contributed by atoms with E-state index in [2.05, 4.69) is 0 Å². The SMILES string of the molecule is Cc1oc(CN(C)C(=O)c2cc(Cl)ccc2F)cc1C(=O)O. The smallest absolute Gasteiger partial charge is 0.339 e. The quantitative estimate of drug-likeness (QED) is 0.935. The van der Waals surface area contributed by atoms with Crippen LogP contribution in [0.25, 0.3) is 0 Å². The summed E-state index contributed by atoms with van der Waals surface area (Å²) in [6, 6.07) is 5.05. The summed E-state index contributed by atoms with van der Waals surface area (Å²) in [6.45, 7) is 1.53. The first-order chi connectivity index (χ1) is 10.3. The number of carbonyl (C=O) groups is 2. The second-order valence-corrected chi connectivity index (χ2v) is 5.21. The molecule has 0 aliphatic rings. The highest BCUT2D eigenvalue weighted by atomic mass is 35.5. The summed E-state index contributed by atoms with van der Waals surface area (Å²) in [7, 11) is 1.46. The first kappa shape index (κ1) is 16.0. The highest BCUT2D eigenvalue weighted by Gasteiger charge is 2.20. The summed E-state index contributed by atoms with van der Waals surface area (Å²) in [5, 5.41) is 9.21. The van der Waals surface area contributed by atoms with E-state index in [-0.39, 0.29) is 28.5 Å². The van der Waals surface area contributed by atoms with E-state index in [0.717, 1.165) is 6.07 Å². The van der Waals surface area contributed by atoms with Gasteiger partial charge in [0, 0.05) is 12.1 Å². The van der Waals surface area contributed by atoms with E-state index < -0.39 is 17.7 Å². The van der Waals surface area contributed by atoms with Crippen molar-refractivity contribution in [3.63, 3.8) is 0 Å². The lowest BCUT2D eigenvalue weighted by Gasteiger charge is -2.16. The molecule has 5 nitrogen and oxygen atoms in total. The van der Waals surface area contributed by atoms with E-state index in [0.29, 0.717) is 5.76 Å². The summed E-state index contributed by atoms with van der Waals surface area (Å²) < 4.78 is 19.0. The maximum absolute atomic E-state index is 13.7. The normalized spacial score (nSPS) is 10.5. The minimum absolute atomic E-state index is 0.0128. The minimum Gasteiger partial charge on any atom is -0.478 e. The van der Waals surface area contributed by atoms with Crippen molar-refractivity contribution in [3.8, 4) is 0 Å². The first-order valence-corrected chi connectivity index (χ1v) is 6.70. The number of rotatable bonds is 4. The van der Waals surface area contributed by atoms with Crippen molar-refractivity contribution in [1.29, 1.82) is 0 Å². The van der Waals surface area contributed by atoms with Crippen LogP contribution in [0.1, 0.15) is 32.2 Å². The molecule has 1 heterocycles. The minimum atomic E-state index is -1.11. The van der Waals surface area contributed by atoms with Crippen LogP contribution >= 0.6 is 11.6 Å². The topological polar surface area (TPSA) is 70.8 Å². The Labute approximate surface area is 130 Å². The number of halogens is 2. The fraction of sp³-hybridized carbons (Fsp3) is 0.200. The molecule has 2 rings (SSSR count). The third-order valence-corrected chi connectivity index (χ3v) is 3.33. The molecule has 0 radical (unpaired) electrons. The molecular formula is C15H13ClFNO4. The molecule has 1 aromatic heterocycles. The molecule has 0 fully saturated rings. The molecule has 1 amide bonds. The first-order valence-electron chi connectivity index (χ1n) is 6.32. The van der Waals surface area contributed by atoms with Crippen LogP contribution in [0, 0.1) is 12.7 Å². The highest BCUT2D eigenvalue weighted by Crippen LogP contribution is 2.19. The summed E-state index contributed by atoms with van der Waals surface area (Å²) in [6.07, 6.45) is 0. The van der Waals surface area contributed by atoms with Gasteiger partial charge >= 0.3 is 5.97 Å². The Bertz CT molecular complexity index is 741. The van der Waals surface area contributed by atoms with Crippen molar-refractivity contribution in [2.45, 2.75) is 13.5 Å². The number of carboxylic acid groups (broad SMARTS) is 1. The lowest BCUT2D eigenvalue weighted by molar-refractivity contribution is 0.0694. The zero-order valence-electron chi connectivity index (χ0n) is 11.9. The summed E-state index contributed by atoms with van der Waals surface area (Å²) in [5.74, 6) is -1.82. The largest absolute Gasteiger partial charge is 0.478 e. The van der Waals surface area contributed by atoms with Gasteiger partial charge in [-0.1, -0.05) is 11.6 Å². The number of aryl methyl sites for hydroxylation is 1. The van der Waals surface area contributed by atoms with Crippen LogP contribution in [0.2, 0.25) is 5.02 Å². The zero-order chi connectivity index (χ0) is 16.4. The number of furan rings is 1. The molecule has 1 aromatic carbocycles. The predicted octanol–water partition coefficient (Wildman–Crippen LogP) is 3.35. The van der Waals surface area contributed by atoms with Gasteiger partial charge in [-0.15, -0.1) is 0 Å². The van der Waals surface area contributed by atoms with Crippen molar-refractivity contribution in [3.05, 3.63) is 57.8 Å². The van der Waals surface area contributed by atoms with Crippen LogP contribution in [0.4, 0.5) is 4.39 Å². The van der Waals surface area contributed by atoms with Crippen molar-refractivity contribution in [2.24, 2.45) is 0 Å². The van der Waals surface area contributed by atoms with Crippen LogP contribution in [-0.4, -0.2) is 28.9 Å². The third kappa shape index (κ3) is 3.28. The molecule has 22 heavy (non-hydrogen) atoms. The van der Waals surface area contributed by atoms with E-state index in [1.807, 2.05) is 0 Å². The van der Waals surface area contributed by atoms with Gasteiger partial charge in [-0.25, -0.2) is 9.18 Å². The summed E-state index contributed by atoms with van der Waals surface area (Å²) in [5.41, 5.74) is -0.124. The second kappa shape index (κ2) is 6.19. The highest BCUT2D eigenvalue weighted by molar-refractivity contribution is 6.31. The van der Waals surface area contributed by atoms with Crippen LogP contribution in [0.3, 0.4) is 0 Å². The average Bonchev–Trinajstić information content (AvgIpc) is 2.81. The van der Waals surface area contributed by atoms with E-state index in [1.54, 1.807) is 0 Å². The molecule has 116 valence electrons. The standard InChI is InChI=1S/C15H13ClFNO4/c1-8-11(15(20)21)6-10(22-8)7-18(2)14(19)12-5-9(16)3-4-13(12)17/h3-6H,7H2,1-2H3,(H,20,21). The maximum Gasteiger partial charge on any atom is 0.339 e. The number of nitrogens with zero attached hydrogens (tertiary/aromatic N) is 1. The van der Waals surface area contributed by atoms with Gasteiger partial charge < -0.3 is 14.4 Å². The molecule has 2 aromatic rings. The second-order valence-electron chi connectivity index (χ2n) is 4.77. The van der Waals surface area contributed by atoms with Gasteiger partial charge in [0.25, 0.3) is 5.91 Å². The summed E-state index contributed by atoms with van der Waals surface area (Å²) >= 11 is 5.76. The lowest BCUT2D eigenvalue weighted by atomic mass is 10.2. The van der Waals surface area contributed by atoms with Crippen molar-refractivity contribution in [1.82, 2.24) is 4.90 Å². The van der Waals surface area contributed by atoms with Gasteiger partial charge in [0.1, 0.15) is 22.9 Å². The molecule has 0 aliphatic carbocycles. The van der Waals surface area contributed by atoms with Gasteiger partial charge in [0.2, 0.25) is 0 Å². The molecule has 0 saturated heterocycles. The molecule has 0 spiro atoms. The van der Waals surface area contributed by atoms with Gasteiger partial charge in [0.05, 0.1) is 12.1 Å². The molecule has 0 unspecified atom stereocenters. The Hall–Kier alpha value is -2.34. The number of carboxylic acids is 1. The van der Waals surface area contributed by atoms with E-state index in [1.165, 1.54) is 37.1 Å². The number of carbonyl (C=O) groups excluding carboxylic acids is 1. The van der Waals surface area contributed by atoms with E-state index in [4.69, 9.17) is 21.1 Å². The number of hydrogen-bond acceptors (Lipinski definition) is 3. The Balaban J connectivity index is 2.20. The van der Waals surface area contributed by atoms with Crippen LogP contribution in [-0.2, 0) is 6.54 Å². The van der Waals surface area contributed by atoms with Crippen LogP contribution < -0.4 is 0 Å². The number of amides is 1. The van der Waals surface area contributed by atoms with Crippen LogP contribution in [0.15, 0.2) is 28.7 Å². The molecule has 7 heteroatoms. The van der Waals surface area contributed by atoms with Gasteiger partial charge in [0.15, 0.2) is 0 Å². The molecule has 0 aliphatic heterocycles. The molecule has 0 bridgehead atoms. The fourth-order valence-corrected chi connectivity index (χ4v) is 2.18. The summed E-state index contributed by atoms with van der Waals surface area (Å²) in [4.78, 5) is 24.4. The molecule has 1 N–H and O–H groups in total. The van der Waals surface area contributed by atoms with Crippen LogP contribution in [0.5, 0.6) is 0 Å². The Morgan fingerprint density at radius 3 is 2.59 bits per heavy atom. The third-order valence-electron chi connectivity index (χ3n) is 3.10. The Morgan fingerprint density at radius 1 is 1.32 bits per heavy atom. The van der Waals surface area contributed by atoms with E-state index in [9.17, 15) is 14.0 Å². The maximum atomic E-state index is 13.7. The Morgan fingerprint density at radius 2 is 2.00 bits per heavy atom. The molecule has 0 saturated carbocycles. The van der Waals surface area contributed by atoms with Gasteiger partial charge in [-0.2, -0.15) is 0 Å². The Kier molecular flexibility index (Phi) is 4.51. The predicted molar refractivity (Wildman–Crippen MR) is 77.6 cm³/mol. The van der Waals surface area contributed by atoms with Gasteiger partial charge in [-0.05, 0) is 31.2 Å². The van der Waals surface area contributed by atoms with E-state index >= 15 is 0 Å². The zero-order valence-corrected chi connectivity index (χ0v) is 12.6. The van der Waals surface area contributed by atoms with Crippen molar-refractivity contribution in [2.75, 3.05) is 7.05 Å². The fourth-order valence-electron chi connectivity index (χ4n) is 2.01. The monoisotopic (exact) mass is 325 g/mol. The number of aromatic carboxylic acids is 1. The van der Waals surface area contributed by atoms with Crippen molar-refractivity contribution < 1.29 is 23.5 Å². The molecular weight excluding hydrogens is 313 g/mol. The number of hydrogen-bond donors (Lipinski definition) is 1. The molecule has 0 atom stereocenters. The number of benzene rings is 1. The van der Waals surface area contributed by atoms with Gasteiger partial charge in [-0.3, -0.25) is 4.79 Å². The van der Waals surface area contributed by atoms with Crippen molar-refractivity contribution >= 4 is 23.5 Å². The lowest BCUT2D eigenvalue weighted by Crippen LogP contribution is -2.26.